The normalized spacial score (nSPS) is 19.7. The molecule has 1 fully saturated rings. The van der Waals surface area contributed by atoms with Crippen LogP contribution < -0.4 is 4.90 Å². The molecule has 2 aliphatic rings. The minimum atomic E-state index is 0.134. The molecule has 9 aromatic carbocycles. The van der Waals surface area contributed by atoms with Crippen molar-refractivity contribution in [2.45, 2.75) is 37.6 Å². The summed E-state index contributed by atoms with van der Waals surface area (Å²) in [6.45, 7) is 2.49. The van der Waals surface area contributed by atoms with E-state index in [9.17, 15) is 0 Å². The second-order valence-corrected chi connectivity index (χ2v) is 13.8. The van der Waals surface area contributed by atoms with Crippen LogP contribution in [0.2, 0.25) is 0 Å². The average Bonchev–Trinajstić information content (AvgIpc) is 3.78. The summed E-state index contributed by atoms with van der Waals surface area (Å²) in [4.78, 5) is 2.64. The van der Waals surface area contributed by atoms with Crippen molar-refractivity contribution >= 4 is 76.0 Å². The van der Waals surface area contributed by atoms with Crippen LogP contribution >= 0.6 is 0 Å². The molecule has 0 N–H and O–H groups in total. The predicted molar refractivity (Wildman–Crippen MR) is 193 cm³/mol. The standard InChI is InChI=1S/C44H31N/c1-44-22-8-17-40(44)39-23-27(18-21-41(39)45(44)28-11-3-2-4-12-28)29-19-20-34-38-25-36-32-14-6-10-26-9-5-13-31(42(26)32)35(36)24-37(38)33-16-7-15-30(29)43(33)34/h2-7,9-16,18-21,23-25,40H,8,17,22H2,1H3. The molecule has 0 radical (unpaired) electrons. The first-order chi connectivity index (χ1) is 22.2. The highest BCUT2D eigenvalue weighted by molar-refractivity contribution is 6.38. The molecular formula is C44H31N. The van der Waals surface area contributed by atoms with Crippen LogP contribution in [-0.4, -0.2) is 5.54 Å². The first-order valence-corrected chi connectivity index (χ1v) is 16.5. The maximum Gasteiger partial charge on any atom is 0.0492 e. The number of hydrogen-bond donors (Lipinski definition) is 0. The highest BCUT2D eigenvalue weighted by Crippen LogP contribution is 2.59. The van der Waals surface area contributed by atoms with Gasteiger partial charge in [0.2, 0.25) is 0 Å². The van der Waals surface area contributed by atoms with Crippen molar-refractivity contribution in [3.8, 4) is 11.1 Å². The van der Waals surface area contributed by atoms with Crippen molar-refractivity contribution in [3.05, 3.63) is 133 Å². The first kappa shape index (κ1) is 24.2. The minimum Gasteiger partial charge on any atom is -0.335 e. The monoisotopic (exact) mass is 573 g/mol. The Hall–Kier alpha value is -5.14. The zero-order valence-corrected chi connectivity index (χ0v) is 25.3. The van der Waals surface area contributed by atoms with Crippen LogP contribution in [0.15, 0.2) is 127 Å². The zero-order valence-electron chi connectivity index (χ0n) is 25.3. The number of para-hydroxylation sites is 1. The summed E-state index contributed by atoms with van der Waals surface area (Å²) in [5, 5.41) is 16.4. The van der Waals surface area contributed by atoms with Crippen LogP contribution in [0.4, 0.5) is 11.4 Å². The summed E-state index contributed by atoms with van der Waals surface area (Å²) < 4.78 is 0. The van der Waals surface area contributed by atoms with E-state index in [4.69, 9.17) is 0 Å². The average molecular weight is 574 g/mol. The fourth-order valence-electron chi connectivity index (χ4n) is 9.79. The largest absolute Gasteiger partial charge is 0.335 e. The Labute approximate surface area is 262 Å². The fraction of sp³-hybridized carbons (Fsp3) is 0.136. The van der Waals surface area contributed by atoms with Crippen LogP contribution in [0.5, 0.6) is 0 Å². The predicted octanol–water partition coefficient (Wildman–Crippen LogP) is 12.3. The Morgan fingerprint density at radius 3 is 1.93 bits per heavy atom. The van der Waals surface area contributed by atoms with Crippen molar-refractivity contribution in [2.75, 3.05) is 4.90 Å². The molecule has 0 amide bonds. The molecule has 0 saturated heterocycles. The third-order valence-corrected chi connectivity index (χ3v) is 11.7. The number of hydrogen-bond acceptors (Lipinski definition) is 1. The van der Waals surface area contributed by atoms with E-state index in [1.54, 1.807) is 0 Å². The zero-order chi connectivity index (χ0) is 29.4. The molecule has 0 bridgehead atoms. The molecule has 2 atom stereocenters. The lowest BCUT2D eigenvalue weighted by molar-refractivity contribution is 0.451. The molecule has 11 rings (SSSR count). The van der Waals surface area contributed by atoms with Crippen LogP contribution in [0.1, 0.15) is 37.7 Å². The molecule has 2 unspecified atom stereocenters. The SMILES string of the molecule is CC12CCCC1c1cc(-c3ccc4c5cc6c(cc5c5cccc3c54)c3cccc4cccc6c43)ccc1N2c1ccccc1. The van der Waals surface area contributed by atoms with E-state index in [2.05, 4.69) is 139 Å². The van der Waals surface area contributed by atoms with E-state index in [0.717, 1.165) is 0 Å². The Morgan fingerprint density at radius 1 is 0.556 bits per heavy atom. The summed E-state index contributed by atoms with van der Waals surface area (Å²) in [5.41, 5.74) is 7.03. The highest BCUT2D eigenvalue weighted by atomic mass is 15.2. The van der Waals surface area contributed by atoms with Gasteiger partial charge in [-0.2, -0.15) is 0 Å². The van der Waals surface area contributed by atoms with Gasteiger partial charge in [0.15, 0.2) is 0 Å². The fourth-order valence-corrected chi connectivity index (χ4v) is 9.79. The van der Waals surface area contributed by atoms with Crippen LogP contribution in [0.25, 0.3) is 75.8 Å². The first-order valence-electron chi connectivity index (χ1n) is 16.5. The molecule has 45 heavy (non-hydrogen) atoms. The molecule has 1 aliphatic carbocycles. The van der Waals surface area contributed by atoms with Crippen molar-refractivity contribution < 1.29 is 0 Å². The molecular weight excluding hydrogens is 542 g/mol. The van der Waals surface area contributed by atoms with Gasteiger partial charge in [0, 0.05) is 22.8 Å². The number of fused-ring (bicyclic) bond motifs is 9. The number of anilines is 2. The quantitative estimate of drug-likeness (QED) is 0.199. The van der Waals surface area contributed by atoms with Crippen molar-refractivity contribution in [1.29, 1.82) is 0 Å². The van der Waals surface area contributed by atoms with Crippen LogP contribution in [0.3, 0.4) is 0 Å². The lowest BCUT2D eigenvalue weighted by atomic mass is 9.85. The number of benzene rings is 7. The smallest absolute Gasteiger partial charge is 0.0492 e. The van der Waals surface area contributed by atoms with E-state index in [-0.39, 0.29) is 5.54 Å². The summed E-state index contributed by atoms with van der Waals surface area (Å²) in [6, 6.07) is 48.5. The Bertz CT molecular complexity index is 2560. The second-order valence-electron chi connectivity index (χ2n) is 13.8. The van der Waals surface area contributed by atoms with Gasteiger partial charge in [0.1, 0.15) is 0 Å². The van der Waals surface area contributed by atoms with Gasteiger partial charge in [-0.05, 0) is 137 Å². The van der Waals surface area contributed by atoms with E-state index in [0.29, 0.717) is 5.92 Å². The molecule has 0 spiro atoms. The lowest BCUT2D eigenvalue weighted by Gasteiger charge is -2.37. The van der Waals surface area contributed by atoms with E-state index >= 15 is 0 Å². The molecule has 212 valence electrons. The highest BCUT2D eigenvalue weighted by Gasteiger charge is 2.51. The number of rotatable bonds is 2. The second kappa shape index (κ2) is 8.31. The van der Waals surface area contributed by atoms with Gasteiger partial charge in [0.05, 0.1) is 0 Å². The van der Waals surface area contributed by atoms with Gasteiger partial charge in [-0.3, -0.25) is 0 Å². The molecule has 9 aromatic rings. The van der Waals surface area contributed by atoms with Gasteiger partial charge < -0.3 is 4.90 Å². The molecule has 1 aliphatic heterocycles. The third kappa shape index (κ3) is 2.95. The van der Waals surface area contributed by atoms with Crippen molar-refractivity contribution in [2.24, 2.45) is 0 Å². The maximum absolute atomic E-state index is 2.64. The van der Waals surface area contributed by atoms with Gasteiger partial charge in [-0.25, -0.2) is 0 Å². The topological polar surface area (TPSA) is 3.24 Å². The summed E-state index contributed by atoms with van der Waals surface area (Å²) in [7, 11) is 0. The molecule has 1 nitrogen and oxygen atoms in total. The van der Waals surface area contributed by atoms with Gasteiger partial charge >= 0.3 is 0 Å². The summed E-state index contributed by atoms with van der Waals surface area (Å²) >= 11 is 0. The van der Waals surface area contributed by atoms with E-state index in [1.807, 2.05) is 0 Å². The summed E-state index contributed by atoms with van der Waals surface area (Å²) in [6.07, 6.45) is 3.78. The lowest BCUT2D eigenvalue weighted by Crippen LogP contribution is -2.40. The van der Waals surface area contributed by atoms with Crippen molar-refractivity contribution in [3.63, 3.8) is 0 Å². The third-order valence-electron chi connectivity index (χ3n) is 11.7. The molecule has 1 heterocycles. The van der Waals surface area contributed by atoms with Gasteiger partial charge in [-0.1, -0.05) is 97.4 Å². The van der Waals surface area contributed by atoms with E-state index < -0.39 is 0 Å². The Morgan fingerprint density at radius 2 is 1.20 bits per heavy atom. The molecule has 1 heteroatoms. The molecule has 0 aromatic heterocycles. The molecule has 1 saturated carbocycles. The van der Waals surface area contributed by atoms with Crippen LogP contribution in [0, 0.1) is 0 Å². The van der Waals surface area contributed by atoms with E-state index in [1.165, 1.54) is 112 Å². The van der Waals surface area contributed by atoms with Gasteiger partial charge in [-0.15, -0.1) is 0 Å². The Balaban J connectivity index is 1.14. The van der Waals surface area contributed by atoms with Gasteiger partial charge in [0.25, 0.3) is 0 Å². The van der Waals surface area contributed by atoms with Crippen LogP contribution in [-0.2, 0) is 0 Å². The minimum absolute atomic E-state index is 0.134. The summed E-state index contributed by atoms with van der Waals surface area (Å²) in [5.74, 6) is 0.559. The maximum atomic E-state index is 2.64. The van der Waals surface area contributed by atoms with Crippen molar-refractivity contribution in [1.82, 2.24) is 0 Å². The number of nitrogens with zero attached hydrogens (tertiary/aromatic N) is 1. The Kier molecular flexibility index (Phi) is 4.47.